The molecule has 6 aromatic carbocycles. The van der Waals surface area contributed by atoms with E-state index in [1.165, 1.54) is 39.8 Å². The standard InChI is InChI=1S/C25H18.2C6H6.C3H8.4C2H6.2CH4/c1-3-11-19(12-4-1)25(20-13-5-2-6-14-20)23-17-9-7-15-21(23)22-16-8-10-18-24(22)25;2*1-2-4-6-5-3-1;1-3-2;4*1-2;;/h1-18H;2*1-6H;3H2,1-2H3;4*1-2H3;2*1H4. The number of fused-ring (bicyclic) bond motifs is 3. The number of hydrogen-bond acceptors (Lipinski definition) is 0. The van der Waals surface area contributed by atoms with Gasteiger partial charge in [0.15, 0.2) is 0 Å². The van der Waals surface area contributed by atoms with Crippen LogP contribution in [0.25, 0.3) is 11.1 Å². The summed E-state index contributed by atoms with van der Waals surface area (Å²) < 4.78 is 0. The summed E-state index contributed by atoms with van der Waals surface area (Å²) in [5.41, 5.74) is 7.80. The third-order valence-electron chi connectivity index (χ3n) is 6.70. The van der Waals surface area contributed by atoms with Crippen molar-refractivity contribution in [2.45, 2.75) is 95.9 Å². The van der Waals surface area contributed by atoms with Crippen molar-refractivity contribution in [3.8, 4) is 11.1 Å². The highest BCUT2D eigenvalue weighted by atomic mass is 14.5. The first-order valence-electron chi connectivity index (χ1n) is 18.1. The van der Waals surface area contributed by atoms with E-state index in [0.717, 1.165) is 0 Å². The second-order valence-corrected chi connectivity index (χ2v) is 9.59. The number of benzene rings is 6. The Kier molecular flexibility index (Phi) is 32.7. The minimum atomic E-state index is -0.254. The van der Waals surface area contributed by atoms with Gasteiger partial charge < -0.3 is 0 Å². The van der Waals surface area contributed by atoms with Crippen LogP contribution in [0.3, 0.4) is 0 Å². The molecule has 50 heavy (non-hydrogen) atoms. The molecule has 0 fully saturated rings. The molecular formula is C50H70. The molecule has 0 atom stereocenters. The van der Waals surface area contributed by atoms with E-state index >= 15 is 0 Å². The smallest absolute Gasteiger partial charge is 0.0713 e. The number of rotatable bonds is 2. The molecule has 0 saturated heterocycles. The molecule has 0 bridgehead atoms. The summed E-state index contributed by atoms with van der Waals surface area (Å²) >= 11 is 0. The normalized spacial score (nSPS) is 9.72. The molecule has 7 rings (SSSR count). The minimum Gasteiger partial charge on any atom is -0.0776 e. The third kappa shape index (κ3) is 14.4. The van der Waals surface area contributed by atoms with Crippen molar-refractivity contribution in [2.24, 2.45) is 0 Å². The lowest BCUT2D eigenvalue weighted by Crippen LogP contribution is -2.28. The van der Waals surface area contributed by atoms with Crippen molar-refractivity contribution in [1.29, 1.82) is 0 Å². The van der Waals surface area contributed by atoms with Crippen LogP contribution in [-0.4, -0.2) is 0 Å². The molecule has 0 N–H and O–H groups in total. The van der Waals surface area contributed by atoms with Gasteiger partial charge in [0.05, 0.1) is 5.41 Å². The van der Waals surface area contributed by atoms with Crippen LogP contribution in [-0.2, 0) is 5.41 Å². The Morgan fingerprint density at radius 2 is 0.480 bits per heavy atom. The van der Waals surface area contributed by atoms with Crippen molar-refractivity contribution in [1.82, 2.24) is 0 Å². The fourth-order valence-electron chi connectivity index (χ4n) is 5.17. The van der Waals surface area contributed by atoms with E-state index in [-0.39, 0.29) is 20.3 Å². The molecule has 0 amide bonds. The van der Waals surface area contributed by atoms with Gasteiger partial charge in [-0.3, -0.25) is 0 Å². The maximum atomic E-state index is 2.29. The van der Waals surface area contributed by atoms with Gasteiger partial charge in [-0.2, -0.15) is 0 Å². The van der Waals surface area contributed by atoms with Crippen molar-refractivity contribution in [3.63, 3.8) is 0 Å². The Labute approximate surface area is 310 Å². The topological polar surface area (TPSA) is 0 Å². The maximum absolute atomic E-state index is 2.29. The summed E-state index contributed by atoms with van der Waals surface area (Å²) in [5.74, 6) is 0. The molecule has 0 heteroatoms. The highest BCUT2D eigenvalue weighted by Gasteiger charge is 2.45. The predicted molar refractivity (Wildman–Crippen MR) is 231 cm³/mol. The van der Waals surface area contributed by atoms with E-state index in [1.807, 2.05) is 128 Å². The van der Waals surface area contributed by atoms with Gasteiger partial charge in [-0.15, -0.1) is 0 Å². The molecule has 0 aromatic heterocycles. The van der Waals surface area contributed by atoms with Crippen molar-refractivity contribution in [2.75, 3.05) is 0 Å². The van der Waals surface area contributed by atoms with E-state index in [1.54, 1.807) is 0 Å². The molecular weight excluding hydrogens is 601 g/mol. The monoisotopic (exact) mass is 671 g/mol. The van der Waals surface area contributed by atoms with Gasteiger partial charge in [0.2, 0.25) is 0 Å². The maximum Gasteiger partial charge on any atom is 0.0713 e. The average molecular weight is 671 g/mol. The zero-order valence-electron chi connectivity index (χ0n) is 31.5. The molecule has 0 radical (unpaired) electrons. The molecule has 0 spiro atoms. The zero-order chi connectivity index (χ0) is 35.9. The van der Waals surface area contributed by atoms with Crippen LogP contribution in [0.1, 0.15) is 113 Å². The first-order chi connectivity index (χ1) is 23.8. The summed E-state index contributed by atoms with van der Waals surface area (Å²) in [6.45, 7) is 20.2. The first kappa shape index (κ1) is 49.7. The average Bonchev–Trinajstić information content (AvgIpc) is 3.52. The van der Waals surface area contributed by atoms with Crippen molar-refractivity contribution >= 4 is 0 Å². The van der Waals surface area contributed by atoms with Crippen LogP contribution in [0, 0.1) is 0 Å². The van der Waals surface area contributed by atoms with Crippen molar-refractivity contribution < 1.29 is 0 Å². The Morgan fingerprint density at radius 3 is 0.720 bits per heavy atom. The van der Waals surface area contributed by atoms with E-state index in [4.69, 9.17) is 0 Å². The Hall–Kier alpha value is -4.68. The summed E-state index contributed by atoms with van der Waals surface area (Å²) in [5, 5.41) is 0. The molecule has 0 heterocycles. The van der Waals surface area contributed by atoms with E-state index in [9.17, 15) is 0 Å². The molecule has 6 aromatic rings. The predicted octanol–water partition coefficient (Wildman–Crippen LogP) is 16.2. The van der Waals surface area contributed by atoms with Gasteiger partial charge in [-0.05, 0) is 33.4 Å². The van der Waals surface area contributed by atoms with Gasteiger partial charge in [0.25, 0.3) is 0 Å². The van der Waals surface area contributed by atoms with Crippen LogP contribution in [0.2, 0.25) is 0 Å². The van der Waals surface area contributed by atoms with Crippen LogP contribution >= 0.6 is 0 Å². The van der Waals surface area contributed by atoms with Gasteiger partial charge in [0.1, 0.15) is 0 Å². The highest BCUT2D eigenvalue weighted by Crippen LogP contribution is 2.55. The summed E-state index contributed by atoms with van der Waals surface area (Å²) in [7, 11) is 0. The first-order valence-corrected chi connectivity index (χ1v) is 18.1. The molecule has 1 aliphatic carbocycles. The van der Waals surface area contributed by atoms with Crippen LogP contribution in [0.4, 0.5) is 0 Å². The third-order valence-corrected chi connectivity index (χ3v) is 6.70. The van der Waals surface area contributed by atoms with Gasteiger partial charge in [-0.1, -0.05) is 273 Å². The lowest BCUT2D eigenvalue weighted by Gasteiger charge is -2.33. The Morgan fingerprint density at radius 1 is 0.300 bits per heavy atom. The molecule has 0 nitrogen and oxygen atoms in total. The van der Waals surface area contributed by atoms with Crippen molar-refractivity contribution in [3.05, 3.63) is 204 Å². The van der Waals surface area contributed by atoms with E-state index in [0.29, 0.717) is 0 Å². The fourth-order valence-corrected chi connectivity index (χ4v) is 5.17. The molecule has 0 unspecified atom stereocenters. The summed E-state index contributed by atoms with van der Waals surface area (Å²) in [6.07, 6.45) is 1.25. The lowest BCUT2D eigenvalue weighted by molar-refractivity contribution is 0.768. The zero-order valence-corrected chi connectivity index (χ0v) is 31.5. The van der Waals surface area contributed by atoms with E-state index < -0.39 is 0 Å². The van der Waals surface area contributed by atoms with Gasteiger partial charge in [-0.25, -0.2) is 0 Å². The lowest BCUT2D eigenvalue weighted by atomic mass is 9.68. The van der Waals surface area contributed by atoms with Gasteiger partial charge >= 0.3 is 0 Å². The summed E-state index contributed by atoms with van der Waals surface area (Å²) in [6, 6.07) is 63.5. The molecule has 0 aliphatic heterocycles. The largest absolute Gasteiger partial charge is 0.0776 e. The van der Waals surface area contributed by atoms with Crippen LogP contribution in [0.15, 0.2) is 182 Å². The molecule has 0 saturated carbocycles. The second kappa shape index (κ2) is 32.8. The molecule has 270 valence electrons. The quantitative estimate of drug-likeness (QED) is 0.172. The second-order valence-electron chi connectivity index (χ2n) is 9.59. The van der Waals surface area contributed by atoms with E-state index in [2.05, 4.69) is 123 Å². The van der Waals surface area contributed by atoms with Crippen LogP contribution in [0.5, 0.6) is 0 Å². The highest BCUT2D eigenvalue weighted by molar-refractivity contribution is 5.86. The molecule has 1 aliphatic rings. The summed E-state index contributed by atoms with van der Waals surface area (Å²) in [4.78, 5) is 0. The number of hydrogen-bond donors (Lipinski definition) is 0. The SMILES string of the molecule is C.C.CC.CC.CC.CC.CCC.c1ccc(C2(c3ccccc3)c3ccccc3-c3ccccc32)cc1.c1ccccc1.c1ccccc1. The van der Waals surface area contributed by atoms with Crippen LogP contribution < -0.4 is 0 Å². The fraction of sp³-hybridized carbons (Fsp3) is 0.280. The van der Waals surface area contributed by atoms with Gasteiger partial charge in [0, 0.05) is 0 Å². The minimum absolute atomic E-state index is 0. The Bertz CT molecular complexity index is 1330. The Balaban J connectivity index is -0.000000733.